The first-order chi connectivity index (χ1) is 10.5. The van der Waals surface area contributed by atoms with Crippen LogP contribution in [0.5, 0.6) is 0 Å². The molecule has 0 aliphatic rings. The number of hydrogen-bond acceptors (Lipinski definition) is 3. The maximum absolute atomic E-state index is 13.0. The van der Waals surface area contributed by atoms with Gasteiger partial charge in [-0.1, -0.05) is 36.3 Å². The second kappa shape index (κ2) is 7.38. The largest absolute Gasteiger partial charge is 0.377 e. The molecule has 0 aliphatic carbocycles. The van der Waals surface area contributed by atoms with Crippen LogP contribution < -0.4 is 0 Å². The van der Waals surface area contributed by atoms with Crippen molar-refractivity contribution in [3.63, 3.8) is 0 Å². The summed E-state index contributed by atoms with van der Waals surface area (Å²) in [4.78, 5) is 0. The predicted octanol–water partition coefficient (Wildman–Crippen LogP) is 4.14. The fraction of sp³-hybridized carbons (Fsp3) is 0.176. The molecule has 2 atom stereocenters. The van der Waals surface area contributed by atoms with E-state index in [1.165, 1.54) is 24.3 Å². The fourth-order valence-corrected chi connectivity index (χ4v) is 3.41. The molecule has 0 amide bonds. The Morgan fingerprint density at radius 3 is 2.41 bits per heavy atom. The second-order valence-electron chi connectivity index (χ2n) is 4.54. The number of rotatable bonds is 4. The first-order valence-corrected chi connectivity index (χ1v) is 8.50. The molecule has 0 unspecified atom stereocenters. The Balaban J connectivity index is 2.33. The molecule has 2 aromatic carbocycles. The minimum Gasteiger partial charge on any atom is -0.377 e. The highest BCUT2D eigenvalue weighted by Gasteiger charge is 2.32. The monoisotopic (exact) mass is 318 g/mol. The van der Waals surface area contributed by atoms with Gasteiger partial charge in [0.05, 0.1) is 6.61 Å². The van der Waals surface area contributed by atoms with Gasteiger partial charge < -0.3 is 9.63 Å². The lowest BCUT2D eigenvalue weighted by Crippen LogP contribution is -2.02. The molecule has 22 heavy (non-hydrogen) atoms. The molecule has 1 N–H and O–H groups in total. The molecule has 2 aromatic rings. The minimum absolute atomic E-state index is 0.152. The van der Waals surface area contributed by atoms with E-state index in [2.05, 4.69) is 11.6 Å². The van der Waals surface area contributed by atoms with Crippen LogP contribution in [-0.4, -0.2) is 11.7 Å². The van der Waals surface area contributed by atoms with Crippen LogP contribution in [0, 0.1) is 17.4 Å². The molecule has 0 spiro atoms. The third-order valence-corrected chi connectivity index (χ3v) is 4.95. The molecule has 114 valence electrons. The lowest BCUT2D eigenvalue weighted by molar-refractivity contribution is 0.218. The quantitative estimate of drug-likeness (QED) is 0.681. The van der Waals surface area contributed by atoms with E-state index in [-0.39, 0.29) is 6.61 Å². The van der Waals surface area contributed by atoms with Crippen LogP contribution >= 0.6 is 7.37 Å². The molecule has 0 heterocycles. The molecule has 0 aliphatic heterocycles. The van der Waals surface area contributed by atoms with Gasteiger partial charge in [0.15, 0.2) is 5.85 Å². The van der Waals surface area contributed by atoms with Crippen molar-refractivity contribution in [2.45, 2.75) is 12.8 Å². The van der Waals surface area contributed by atoms with Crippen molar-refractivity contribution in [3.8, 4) is 11.6 Å². The average Bonchev–Trinajstić information content (AvgIpc) is 2.54. The maximum atomic E-state index is 13.0. The Labute approximate surface area is 129 Å². The zero-order valence-electron chi connectivity index (χ0n) is 12.1. The minimum atomic E-state index is -3.64. The highest BCUT2D eigenvalue weighted by atomic mass is 31.2. The topological polar surface area (TPSA) is 46.5 Å². The van der Waals surface area contributed by atoms with Gasteiger partial charge in [0.1, 0.15) is 5.82 Å². The third kappa shape index (κ3) is 4.05. The van der Waals surface area contributed by atoms with Crippen LogP contribution in [0.25, 0.3) is 0 Å². The summed E-state index contributed by atoms with van der Waals surface area (Å²) in [7, 11) is -3.64. The summed E-state index contributed by atoms with van der Waals surface area (Å²) >= 11 is 0. The van der Waals surface area contributed by atoms with Crippen molar-refractivity contribution in [1.29, 1.82) is 0 Å². The van der Waals surface area contributed by atoms with Crippen LogP contribution in [0.1, 0.15) is 23.9 Å². The molecule has 2 rings (SSSR count). The van der Waals surface area contributed by atoms with E-state index in [0.29, 0.717) is 11.1 Å². The van der Waals surface area contributed by atoms with Crippen molar-refractivity contribution in [2.24, 2.45) is 0 Å². The van der Waals surface area contributed by atoms with Crippen LogP contribution in [0.3, 0.4) is 0 Å². The van der Waals surface area contributed by atoms with E-state index < -0.39 is 19.0 Å². The lowest BCUT2D eigenvalue weighted by Gasteiger charge is -2.18. The number of aliphatic hydroxyl groups excluding tert-OH is 1. The van der Waals surface area contributed by atoms with Crippen molar-refractivity contribution in [3.05, 3.63) is 71.5 Å². The van der Waals surface area contributed by atoms with E-state index in [4.69, 9.17) is 4.52 Å². The Morgan fingerprint density at radius 1 is 1.18 bits per heavy atom. The number of hydrogen-bond donors (Lipinski definition) is 1. The van der Waals surface area contributed by atoms with Gasteiger partial charge >= 0.3 is 7.37 Å². The molecular weight excluding hydrogens is 302 g/mol. The van der Waals surface area contributed by atoms with Crippen LogP contribution in [0.15, 0.2) is 54.6 Å². The third-order valence-electron chi connectivity index (χ3n) is 2.94. The lowest BCUT2D eigenvalue weighted by atomic mass is 10.2. The van der Waals surface area contributed by atoms with Crippen LogP contribution in [-0.2, 0) is 9.09 Å². The molecular formula is C17H16FO3P. The molecule has 5 heteroatoms. The predicted molar refractivity (Wildman–Crippen MR) is 83.9 cm³/mol. The van der Waals surface area contributed by atoms with Gasteiger partial charge in [-0.25, -0.2) is 4.39 Å². The van der Waals surface area contributed by atoms with Gasteiger partial charge in [0.25, 0.3) is 0 Å². The van der Waals surface area contributed by atoms with Gasteiger partial charge in [0.2, 0.25) is 0 Å². The second-order valence-corrected chi connectivity index (χ2v) is 6.71. The summed E-state index contributed by atoms with van der Waals surface area (Å²) in [6.07, 6.45) is 0. The van der Waals surface area contributed by atoms with Gasteiger partial charge in [-0.05, 0) is 42.4 Å². The zero-order valence-corrected chi connectivity index (χ0v) is 13.0. The van der Waals surface area contributed by atoms with Crippen molar-refractivity contribution in [1.82, 2.24) is 0 Å². The number of halogens is 1. The number of benzene rings is 2. The molecule has 0 saturated carbocycles. The van der Waals surface area contributed by atoms with Crippen molar-refractivity contribution >= 4 is 7.37 Å². The van der Waals surface area contributed by atoms with Gasteiger partial charge in [0, 0.05) is 5.56 Å². The fourth-order valence-electron chi connectivity index (χ4n) is 1.85. The molecule has 0 aromatic heterocycles. The van der Waals surface area contributed by atoms with E-state index in [1.54, 1.807) is 19.1 Å². The Hall–Kier alpha value is -1.92. The molecule has 0 bridgehead atoms. The average molecular weight is 318 g/mol. The van der Waals surface area contributed by atoms with E-state index in [1.807, 2.05) is 18.2 Å². The summed E-state index contributed by atoms with van der Waals surface area (Å²) in [6.45, 7) is 1.83. The Bertz CT molecular complexity index is 717. The SMILES string of the molecule is CCO[P@@](=O)(C#Cc1ccccc1)[C@H](O)c1ccc(F)cc1. The summed E-state index contributed by atoms with van der Waals surface area (Å²) in [6, 6.07) is 14.1. The van der Waals surface area contributed by atoms with Crippen molar-refractivity contribution in [2.75, 3.05) is 6.61 Å². The smallest absolute Gasteiger partial charge is 0.306 e. The first-order valence-electron chi connectivity index (χ1n) is 6.81. The highest BCUT2D eigenvalue weighted by Crippen LogP contribution is 2.57. The first kappa shape index (κ1) is 16.5. The van der Waals surface area contributed by atoms with E-state index in [9.17, 15) is 14.1 Å². The van der Waals surface area contributed by atoms with Crippen LogP contribution in [0.2, 0.25) is 0 Å². The summed E-state index contributed by atoms with van der Waals surface area (Å²) in [5, 5.41) is 10.3. The standard InChI is InChI=1S/C17H16FO3P/c1-2-21-22(20,13-12-14-6-4-3-5-7-14)17(19)15-8-10-16(18)11-9-15/h3-11,17,19H,2H2,1H3/t17-,22-/m0/s1. The maximum Gasteiger partial charge on any atom is 0.306 e. The normalized spacial score (nSPS) is 14.5. The summed E-state index contributed by atoms with van der Waals surface area (Å²) in [5.74, 6) is 0.914. The van der Waals surface area contributed by atoms with E-state index >= 15 is 0 Å². The Morgan fingerprint density at radius 2 is 1.82 bits per heavy atom. The molecule has 3 nitrogen and oxygen atoms in total. The Kier molecular flexibility index (Phi) is 5.51. The van der Waals surface area contributed by atoms with Crippen molar-refractivity contribution < 1.29 is 18.6 Å². The molecule has 0 radical (unpaired) electrons. The molecule has 0 fully saturated rings. The number of aliphatic hydroxyl groups is 1. The van der Waals surface area contributed by atoms with Gasteiger partial charge in [-0.2, -0.15) is 0 Å². The van der Waals surface area contributed by atoms with E-state index in [0.717, 1.165) is 0 Å². The van der Waals surface area contributed by atoms with Crippen LogP contribution in [0.4, 0.5) is 4.39 Å². The summed E-state index contributed by atoms with van der Waals surface area (Å²) in [5.41, 5.74) is 3.55. The van der Waals surface area contributed by atoms with Gasteiger partial charge in [-0.3, -0.25) is 4.57 Å². The highest BCUT2D eigenvalue weighted by molar-refractivity contribution is 7.64. The summed E-state index contributed by atoms with van der Waals surface area (Å²) < 4.78 is 31.0. The van der Waals surface area contributed by atoms with Gasteiger partial charge in [-0.15, -0.1) is 0 Å². The molecule has 0 saturated heterocycles. The zero-order chi connectivity index (χ0) is 16.0.